The van der Waals surface area contributed by atoms with E-state index < -0.39 is 0 Å². The molecule has 4 rings (SSSR count). The number of carbonyl (C=O) groups is 1. The second-order valence-electron chi connectivity index (χ2n) is 7.49. The number of nitrogens with zero attached hydrogens (tertiary/aromatic N) is 4. The fourth-order valence-electron chi connectivity index (χ4n) is 3.43. The summed E-state index contributed by atoms with van der Waals surface area (Å²) >= 11 is 7.56. The van der Waals surface area contributed by atoms with Crippen LogP contribution in [0.25, 0.3) is 10.6 Å². The molecule has 0 bridgehead atoms. The van der Waals surface area contributed by atoms with Crippen molar-refractivity contribution in [2.45, 2.75) is 13.0 Å². The number of thiazole rings is 1. The topological polar surface area (TPSA) is 61.4 Å². The summed E-state index contributed by atoms with van der Waals surface area (Å²) in [5.74, 6) is -0.162. The molecule has 1 aliphatic heterocycles. The van der Waals surface area contributed by atoms with Gasteiger partial charge in [0.05, 0.1) is 17.8 Å². The molecule has 156 valence electrons. The molecule has 0 unspecified atom stereocenters. The number of nitrogens with one attached hydrogen (secondary N) is 1. The Morgan fingerprint density at radius 2 is 2.03 bits per heavy atom. The van der Waals surface area contributed by atoms with Crippen molar-refractivity contribution in [3.05, 3.63) is 64.4 Å². The van der Waals surface area contributed by atoms with Crippen molar-refractivity contribution in [3.63, 3.8) is 0 Å². The summed E-state index contributed by atoms with van der Waals surface area (Å²) in [6, 6.07) is 12.0. The van der Waals surface area contributed by atoms with Gasteiger partial charge in [-0.2, -0.15) is 0 Å². The third kappa shape index (κ3) is 5.43. The Hall–Kier alpha value is -2.32. The van der Waals surface area contributed by atoms with E-state index in [2.05, 4.69) is 56.4 Å². The second-order valence-corrected chi connectivity index (χ2v) is 8.71. The fraction of sp³-hybridized carbons (Fsp3) is 0.318. The predicted octanol–water partition coefficient (Wildman–Crippen LogP) is 3.79. The normalized spacial score (nSPS) is 15.3. The molecule has 8 heteroatoms. The van der Waals surface area contributed by atoms with Gasteiger partial charge in [-0.1, -0.05) is 29.8 Å². The highest BCUT2D eigenvalue weighted by Gasteiger charge is 2.15. The number of pyridine rings is 1. The first-order valence-electron chi connectivity index (χ1n) is 9.92. The van der Waals surface area contributed by atoms with Gasteiger partial charge in [0.25, 0.3) is 0 Å². The van der Waals surface area contributed by atoms with Crippen LogP contribution in [0.2, 0.25) is 5.15 Å². The molecule has 1 amide bonds. The number of anilines is 1. The fourth-order valence-corrected chi connectivity index (χ4v) is 4.41. The molecule has 6 nitrogen and oxygen atoms in total. The average molecular weight is 442 g/mol. The maximum atomic E-state index is 12.3. The SMILES string of the molecule is CN1CCN(Cc2cccc(-c3nc(CC(=O)Nc4cccnc4Cl)cs3)c2)CC1. The van der Waals surface area contributed by atoms with Crippen LogP contribution in [0.3, 0.4) is 0 Å². The van der Waals surface area contributed by atoms with Gasteiger partial charge in [0.15, 0.2) is 5.15 Å². The molecule has 1 aliphatic rings. The molecule has 2 aromatic heterocycles. The van der Waals surface area contributed by atoms with E-state index in [0.717, 1.165) is 49.0 Å². The summed E-state index contributed by atoms with van der Waals surface area (Å²) in [4.78, 5) is 25.8. The predicted molar refractivity (Wildman–Crippen MR) is 122 cm³/mol. The van der Waals surface area contributed by atoms with Crippen molar-refractivity contribution in [3.8, 4) is 10.6 Å². The first-order chi connectivity index (χ1) is 14.6. The standard InChI is InChI=1S/C22H24ClN5OS/c1-27-8-10-28(11-9-27)14-16-4-2-5-17(12-16)22-25-18(15-30-22)13-20(29)26-19-6-3-7-24-21(19)23/h2-7,12,15H,8-11,13-14H2,1H3,(H,26,29). The molecule has 0 atom stereocenters. The zero-order valence-electron chi connectivity index (χ0n) is 16.8. The Labute approximate surface area is 185 Å². The van der Waals surface area contributed by atoms with E-state index in [1.54, 1.807) is 29.7 Å². The first-order valence-corrected chi connectivity index (χ1v) is 11.2. The monoisotopic (exact) mass is 441 g/mol. The van der Waals surface area contributed by atoms with Crippen LogP contribution in [0.5, 0.6) is 0 Å². The number of aromatic nitrogens is 2. The van der Waals surface area contributed by atoms with Crippen LogP contribution in [0.4, 0.5) is 5.69 Å². The molecule has 1 aromatic carbocycles. The summed E-state index contributed by atoms with van der Waals surface area (Å²) in [5, 5.41) is 5.93. The van der Waals surface area contributed by atoms with E-state index in [-0.39, 0.29) is 17.5 Å². The van der Waals surface area contributed by atoms with Crippen molar-refractivity contribution in [2.75, 3.05) is 38.5 Å². The third-order valence-electron chi connectivity index (χ3n) is 5.10. The lowest BCUT2D eigenvalue weighted by Crippen LogP contribution is -2.43. The molecule has 1 fully saturated rings. The Morgan fingerprint density at radius 3 is 2.83 bits per heavy atom. The van der Waals surface area contributed by atoms with Crippen LogP contribution in [-0.2, 0) is 17.8 Å². The summed E-state index contributed by atoms with van der Waals surface area (Å²) in [5.41, 5.74) is 3.64. The number of hydrogen-bond acceptors (Lipinski definition) is 6. The van der Waals surface area contributed by atoms with Gasteiger partial charge in [-0.25, -0.2) is 9.97 Å². The number of piperazine rings is 1. The molecular weight excluding hydrogens is 418 g/mol. The van der Waals surface area contributed by atoms with Gasteiger partial charge in [0.1, 0.15) is 5.01 Å². The number of hydrogen-bond donors (Lipinski definition) is 1. The van der Waals surface area contributed by atoms with E-state index in [9.17, 15) is 4.79 Å². The van der Waals surface area contributed by atoms with Crippen molar-refractivity contribution in [2.24, 2.45) is 0 Å². The van der Waals surface area contributed by atoms with E-state index in [1.807, 2.05) is 5.38 Å². The van der Waals surface area contributed by atoms with Gasteiger partial charge in [-0.15, -0.1) is 11.3 Å². The average Bonchev–Trinajstić information content (AvgIpc) is 3.20. The Morgan fingerprint density at radius 1 is 1.20 bits per heavy atom. The first kappa shape index (κ1) is 20.9. The van der Waals surface area contributed by atoms with Gasteiger partial charge in [0.2, 0.25) is 5.91 Å². The second kappa shape index (κ2) is 9.66. The molecular formula is C22H24ClN5OS. The minimum Gasteiger partial charge on any atom is -0.323 e. The largest absolute Gasteiger partial charge is 0.323 e. The van der Waals surface area contributed by atoms with Crippen LogP contribution >= 0.6 is 22.9 Å². The van der Waals surface area contributed by atoms with E-state index in [1.165, 1.54) is 5.56 Å². The maximum absolute atomic E-state index is 12.3. The molecule has 30 heavy (non-hydrogen) atoms. The number of likely N-dealkylation sites (N-methyl/N-ethyl adjacent to an activating group) is 1. The van der Waals surface area contributed by atoms with Crippen molar-refractivity contribution in [1.29, 1.82) is 0 Å². The van der Waals surface area contributed by atoms with E-state index in [0.29, 0.717) is 5.69 Å². The molecule has 0 radical (unpaired) electrons. The van der Waals surface area contributed by atoms with Crippen LogP contribution in [-0.4, -0.2) is 58.9 Å². The summed E-state index contributed by atoms with van der Waals surface area (Å²) < 4.78 is 0. The van der Waals surface area contributed by atoms with E-state index >= 15 is 0 Å². The summed E-state index contributed by atoms with van der Waals surface area (Å²) in [6.45, 7) is 5.37. The lowest BCUT2D eigenvalue weighted by atomic mass is 10.1. The molecule has 0 aliphatic carbocycles. The lowest BCUT2D eigenvalue weighted by Gasteiger charge is -2.32. The van der Waals surface area contributed by atoms with Gasteiger partial charge in [-0.05, 0) is 30.8 Å². The molecule has 1 N–H and O–H groups in total. The van der Waals surface area contributed by atoms with Crippen LogP contribution in [0.15, 0.2) is 48.0 Å². The van der Waals surface area contributed by atoms with Crippen LogP contribution in [0.1, 0.15) is 11.3 Å². The number of halogens is 1. The Kier molecular flexibility index (Phi) is 6.74. The quantitative estimate of drug-likeness (QED) is 0.590. The molecule has 0 saturated carbocycles. The van der Waals surface area contributed by atoms with Crippen molar-refractivity contribution < 1.29 is 4.79 Å². The Balaban J connectivity index is 1.39. The van der Waals surface area contributed by atoms with Crippen LogP contribution < -0.4 is 5.32 Å². The highest BCUT2D eigenvalue weighted by Crippen LogP contribution is 2.26. The number of benzene rings is 1. The van der Waals surface area contributed by atoms with Gasteiger partial charge < -0.3 is 10.2 Å². The van der Waals surface area contributed by atoms with E-state index in [4.69, 9.17) is 11.6 Å². The molecule has 1 saturated heterocycles. The lowest BCUT2D eigenvalue weighted by molar-refractivity contribution is -0.115. The zero-order chi connectivity index (χ0) is 20.9. The maximum Gasteiger partial charge on any atom is 0.230 e. The number of carbonyl (C=O) groups excluding carboxylic acids is 1. The van der Waals surface area contributed by atoms with Crippen molar-refractivity contribution >= 4 is 34.5 Å². The smallest absolute Gasteiger partial charge is 0.230 e. The van der Waals surface area contributed by atoms with Gasteiger partial charge in [-0.3, -0.25) is 9.69 Å². The van der Waals surface area contributed by atoms with Crippen LogP contribution in [0, 0.1) is 0 Å². The summed E-state index contributed by atoms with van der Waals surface area (Å²) in [6.07, 6.45) is 1.78. The number of rotatable bonds is 6. The minimum absolute atomic E-state index is 0.162. The highest BCUT2D eigenvalue weighted by atomic mass is 35.5. The molecule has 3 aromatic rings. The molecule has 0 spiro atoms. The zero-order valence-corrected chi connectivity index (χ0v) is 18.4. The summed E-state index contributed by atoms with van der Waals surface area (Å²) in [7, 11) is 2.17. The van der Waals surface area contributed by atoms with Gasteiger partial charge >= 0.3 is 0 Å². The van der Waals surface area contributed by atoms with Crippen molar-refractivity contribution in [1.82, 2.24) is 19.8 Å². The number of amides is 1. The third-order valence-corrected chi connectivity index (χ3v) is 6.34. The highest BCUT2D eigenvalue weighted by molar-refractivity contribution is 7.13. The minimum atomic E-state index is -0.162. The Bertz CT molecular complexity index is 1020. The van der Waals surface area contributed by atoms with Gasteiger partial charge in [0, 0.05) is 49.9 Å². The molecule has 3 heterocycles.